The number of aromatic hydroxyl groups is 1. The molecular formula is C19H29Cl2N3O. The van der Waals surface area contributed by atoms with E-state index in [1.165, 1.54) is 39.0 Å². The number of phenols is 1. The van der Waals surface area contributed by atoms with E-state index in [9.17, 15) is 5.11 Å². The molecule has 1 N–H and O–H groups in total. The van der Waals surface area contributed by atoms with Gasteiger partial charge in [-0.3, -0.25) is 9.80 Å². The van der Waals surface area contributed by atoms with Gasteiger partial charge in [-0.1, -0.05) is 23.2 Å². The van der Waals surface area contributed by atoms with Gasteiger partial charge >= 0.3 is 0 Å². The highest BCUT2D eigenvalue weighted by atomic mass is 35.5. The number of hydrogen-bond donors (Lipinski definition) is 1. The van der Waals surface area contributed by atoms with Gasteiger partial charge < -0.3 is 10.0 Å². The van der Waals surface area contributed by atoms with Crippen LogP contribution in [-0.2, 0) is 6.54 Å². The first kappa shape index (κ1) is 19.2. The molecule has 6 heteroatoms. The average Bonchev–Trinajstić information content (AvgIpc) is 2.62. The summed E-state index contributed by atoms with van der Waals surface area (Å²) in [5.41, 5.74) is 0.842. The van der Waals surface area contributed by atoms with E-state index in [1.807, 2.05) is 0 Å². The number of benzene rings is 1. The van der Waals surface area contributed by atoms with Crippen molar-refractivity contribution in [1.82, 2.24) is 14.7 Å². The maximum atomic E-state index is 9.81. The summed E-state index contributed by atoms with van der Waals surface area (Å²) in [4.78, 5) is 7.47. The number of hydrogen-bond acceptors (Lipinski definition) is 4. The fourth-order valence-electron chi connectivity index (χ4n) is 4.07. The standard InChI is InChI=1S/C19H29Cl2N3O/c1-14(24-11-9-22(2)10-12-24)15-5-7-23(8-6-15)13-16-17(20)3-4-18(25)19(16)21/h3-4,14-15,25H,5-13H2,1-2H3/t14-/m0/s1. The lowest BCUT2D eigenvalue weighted by molar-refractivity contribution is 0.0598. The van der Waals surface area contributed by atoms with Crippen LogP contribution in [0.15, 0.2) is 12.1 Å². The van der Waals surface area contributed by atoms with Crippen LogP contribution in [0.25, 0.3) is 0 Å². The normalized spacial score (nSPS) is 23.0. The molecule has 140 valence electrons. The molecule has 0 amide bonds. The maximum Gasteiger partial charge on any atom is 0.134 e. The first-order valence-corrected chi connectivity index (χ1v) is 10.0. The quantitative estimate of drug-likeness (QED) is 0.857. The van der Waals surface area contributed by atoms with E-state index in [0.29, 0.717) is 22.6 Å². The van der Waals surface area contributed by atoms with Gasteiger partial charge in [0.2, 0.25) is 0 Å². The maximum absolute atomic E-state index is 9.81. The Bertz CT molecular complexity index is 582. The molecule has 0 bridgehead atoms. The molecule has 2 fully saturated rings. The van der Waals surface area contributed by atoms with E-state index in [2.05, 4.69) is 28.7 Å². The Morgan fingerprint density at radius 2 is 1.72 bits per heavy atom. The van der Waals surface area contributed by atoms with E-state index in [0.717, 1.165) is 24.6 Å². The van der Waals surface area contributed by atoms with E-state index in [-0.39, 0.29) is 5.75 Å². The molecule has 0 saturated carbocycles. The molecule has 0 radical (unpaired) electrons. The summed E-state index contributed by atoms with van der Waals surface area (Å²) >= 11 is 12.5. The highest BCUT2D eigenvalue weighted by Crippen LogP contribution is 2.34. The molecule has 2 heterocycles. The molecule has 1 atom stereocenters. The van der Waals surface area contributed by atoms with Gasteiger partial charge in [0, 0.05) is 49.4 Å². The van der Waals surface area contributed by atoms with Crippen LogP contribution in [0, 0.1) is 5.92 Å². The van der Waals surface area contributed by atoms with E-state index in [4.69, 9.17) is 23.2 Å². The van der Waals surface area contributed by atoms with Gasteiger partial charge in [0.05, 0.1) is 5.02 Å². The molecular weight excluding hydrogens is 357 g/mol. The fraction of sp³-hybridized carbons (Fsp3) is 0.684. The Labute approximate surface area is 161 Å². The number of halogens is 2. The Kier molecular flexibility index (Phi) is 6.50. The number of piperidine rings is 1. The molecule has 0 spiro atoms. The zero-order valence-electron chi connectivity index (χ0n) is 15.2. The van der Waals surface area contributed by atoms with Gasteiger partial charge in [0.25, 0.3) is 0 Å². The van der Waals surface area contributed by atoms with Crippen LogP contribution in [0.3, 0.4) is 0 Å². The molecule has 1 aromatic carbocycles. The van der Waals surface area contributed by atoms with Crippen LogP contribution in [0.2, 0.25) is 10.0 Å². The van der Waals surface area contributed by atoms with Crippen LogP contribution in [0.5, 0.6) is 5.75 Å². The summed E-state index contributed by atoms with van der Waals surface area (Å²) < 4.78 is 0. The Hall–Kier alpha value is -0.520. The van der Waals surface area contributed by atoms with Crippen molar-refractivity contribution < 1.29 is 5.11 Å². The minimum absolute atomic E-state index is 0.111. The molecule has 0 unspecified atom stereocenters. The lowest BCUT2D eigenvalue weighted by Crippen LogP contribution is -2.51. The number of likely N-dealkylation sites (N-methyl/N-ethyl adjacent to an activating group) is 1. The predicted molar refractivity (Wildman–Crippen MR) is 105 cm³/mol. The van der Waals surface area contributed by atoms with Crippen molar-refractivity contribution >= 4 is 23.2 Å². The van der Waals surface area contributed by atoms with Crippen molar-refractivity contribution in [3.63, 3.8) is 0 Å². The monoisotopic (exact) mass is 385 g/mol. The van der Waals surface area contributed by atoms with Crippen molar-refractivity contribution in [2.75, 3.05) is 46.3 Å². The summed E-state index contributed by atoms with van der Waals surface area (Å²) in [7, 11) is 2.21. The summed E-state index contributed by atoms with van der Waals surface area (Å²) in [6.07, 6.45) is 2.42. The smallest absolute Gasteiger partial charge is 0.134 e. The van der Waals surface area contributed by atoms with Gasteiger partial charge in [-0.25, -0.2) is 0 Å². The molecule has 3 rings (SSSR count). The van der Waals surface area contributed by atoms with Crippen molar-refractivity contribution in [2.24, 2.45) is 5.92 Å². The summed E-state index contributed by atoms with van der Waals surface area (Å²) in [5, 5.41) is 10.8. The summed E-state index contributed by atoms with van der Waals surface area (Å²) in [5.74, 6) is 0.870. The van der Waals surface area contributed by atoms with Crippen molar-refractivity contribution in [3.05, 3.63) is 27.7 Å². The van der Waals surface area contributed by atoms with Crippen molar-refractivity contribution in [3.8, 4) is 5.75 Å². The fourth-order valence-corrected chi connectivity index (χ4v) is 4.56. The average molecular weight is 386 g/mol. The highest BCUT2D eigenvalue weighted by Gasteiger charge is 2.29. The van der Waals surface area contributed by atoms with Crippen LogP contribution in [0.4, 0.5) is 0 Å². The second-order valence-corrected chi connectivity index (χ2v) is 8.34. The van der Waals surface area contributed by atoms with Crippen molar-refractivity contribution in [2.45, 2.75) is 32.4 Å². The Morgan fingerprint density at radius 3 is 2.36 bits per heavy atom. The molecule has 2 saturated heterocycles. The van der Waals surface area contributed by atoms with Gasteiger partial charge in [-0.05, 0) is 58.0 Å². The second-order valence-electron chi connectivity index (χ2n) is 7.55. The molecule has 0 aromatic heterocycles. The van der Waals surface area contributed by atoms with Crippen LogP contribution in [-0.4, -0.2) is 72.2 Å². The number of nitrogens with zero attached hydrogens (tertiary/aromatic N) is 3. The van der Waals surface area contributed by atoms with Crippen LogP contribution in [0.1, 0.15) is 25.3 Å². The predicted octanol–water partition coefficient (Wildman–Crippen LogP) is 3.55. The number of rotatable bonds is 4. The van der Waals surface area contributed by atoms with E-state index in [1.54, 1.807) is 12.1 Å². The van der Waals surface area contributed by atoms with Gasteiger partial charge in [0.15, 0.2) is 0 Å². The zero-order chi connectivity index (χ0) is 18.0. The highest BCUT2D eigenvalue weighted by molar-refractivity contribution is 6.36. The first-order chi connectivity index (χ1) is 12.0. The third-order valence-electron chi connectivity index (χ3n) is 5.98. The molecule has 25 heavy (non-hydrogen) atoms. The Balaban J connectivity index is 1.53. The van der Waals surface area contributed by atoms with E-state index < -0.39 is 0 Å². The largest absolute Gasteiger partial charge is 0.506 e. The number of phenolic OH excluding ortho intramolecular Hbond substituents is 1. The first-order valence-electron chi connectivity index (χ1n) is 9.26. The summed E-state index contributed by atoms with van der Waals surface area (Å²) in [6, 6.07) is 3.93. The lowest BCUT2D eigenvalue weighted by atomic mass is 9.89. The molecule has 2 aliphatic rings. The van der Waals surface area contributed by atoms with Gasteiger partial charge in [-0.15, -0.1) is 0 Å². The third kappa shape index (κ3) is 4.61. The van der Waals surface area contributed by atoms with Gasteiger partial charge in [-0.2, -0.15) is 0 Å². The number of likely N-dealkylation sites (tertiary alicyclic amines) is 1. The molecule has 2 aliphatic heterocycles. The second kappa shape index (κ2) is 8.45. The van der Waals surface area contributed by atoms with Gasteiger partial charge in [0.1, 0.15) is 5.75 Å². The lowest BCUT2D eigenvalue weighted by Gasteiger charge is -2.42. The third-order valence-corrected chi connectivity index (χ3v) is 6.75. The Morgan fingerprint density at radius 1 is 1.08 bits per heavy atom. The molecule has 0 aliphatic carbocycles. The molecule has 1 aromatic rings. The molecule has 4 nitrogen and oxygen atoms in total. The van der Waals surface area contributed by atoms with Crippen LogP contribution < -0.4 is 0 Å². The SMILES string of the molecule is C[C@@H](C1CCN(Cc2c(Cl)ccc(O)c2Cl)CC1)N1CCN(C)CC1. The zero-order valence-corrected chi connectivity index (χ0v) is 16.7. The minimum Gasteiger partial charge on any atom is -0.506 e. The van der Waals surface area contributed by atoms with Crippen LogP contribution >= 0.6 is 23.2 Å². The minimum atomic E-state index is 0.111. The summed E-state index contributed by atoms with van der Waals surface area (Å²) in [6.45, 7) is 9.96. The topological polar surface area (TPSA) is 30.0 Å². The number of piperazine rings is 1. The van der Waals surface area contributed by atoms with E-state index >= 15 is 0 Å². The van der Waals surface area contributed by atoms with Crippen molar-refractivity contribution in [1.29, 1.82) is 0 Å².